The second-order valence-corrected chi connectivity index (χ2v) is 7.62. The van der Waals surface area contributed by atoms with Crippen LogP contribution in [0.5, 0.6) is 0 Å². The molecule has 0 aliphatic rings. The highest BCUT2D eigenvalue weighted by Gasteiger charge is 2.19. The van der Waals surface area contributed by atoms with Crippen LogP contribution in [0, 0.1) is 12.7 Å². The van der Waals surface area contributed by atoms with E-state index in [9.17, 15) is 4.39 Å². The zero-order valence-corrected chi connectivity index (χ0v) is 14.5. The Kier molecular flexibility index (Phi) is 5.61. The van der Waals surface area contributed by atoms with Gasteiger partial charge in [-0.15, -0.1) is 11.3 Å². The standard InChI is InChI=1S/C15H16BrClFNS/c1-3-19-14(10-8-15(16)20-9(10)2)7-11-12(17)5-4-6-13(11)18/h4-6,8,14,19H,3,7H2,1-2H3. The van der Waals surface area contributed by atoms with Crippen molar-refractivity contribution in [2.75, 3.05) is 6.54 Å². The number of benzene rings is 1. The Labute approximate surface area is 136 Å². The van der Waals surface area contributed by atoms with Gasteiger partial charge < -0.3 is 5.32 Å². The van der Waals surface area contributed by atoms with Crippen LogP contribution in [0.3, 0.4) is 0 Å². The largest absolute Gasteiger partial charge is 0.310 e. The van der Waals surface area contributed by atoms with Crippen LogP contribution in [0.15, 0.2) is 28.1 Å². The summed E-state index contributed by atoms with van der Waals surface area (Å²) in [5, 5.41) is 3.90. The first kappa shape index (κ1) is 16.0. The van der Waals surface area contributed by atoms with Gasteiger partial charge in [0.05, 0.1) is 3.79 Å². The molecule has 0 saturated heterocycles. The molecule has 0 radical (unpaired) electrons. The molecule has 1 aromatic carbocycles. The first-order valence-corrected chi connectivity index (χ1v) is 8.43. The minimum absolute atomic E-state index is 0.0666. The van der Waals surface area contributed by atoms with E-state index in [0.29, 0.717) is 17.0 Å². The molecule has 2 rings (SSSR count). The fourth-order valence-corrected chi connectivity index (χ4v) is 4.29. The lowest BCUT2D eigenvalue weighted by molar-refractivity contribution is 0.527. The van der Waals surface area contributed by atoms with Crippen LogP contribution in [0.4, 0.5) is 4.39 Å². The highest BCUT2D eigenvalue weighted by molar-refractivity contribution is 9.11. The molecule has 1 heterocycles. The first-order chi connectivity index (χ1) is 9.52. The lowest BCUT2D eigenvalue weighted by Gasteiger charge is -2.19. The van der Waals surface area contributed by atoms with E-state index in [4.69, 9.17) is 11.6 Å². The topological polar surface area (TPSA) is 12.0 Å². The number of hydrogen-bond donors (Lipinski definition) is 1. The maximum absolute atomic E-state index is 14.0. The van der Waals surface area contributed by atoms with E-state index in [1.54, 1.807) is 23.5 Å². The molecule has 1 aromatic heterocycles. The van der Waals surface area contributed by atoms with E-state index in [0.717, 1.165) is 10.3 Å². The molecule has 0 amide bonds. The van der Waals surface area contributed by atoms with Gasteiger partial charge in [0.2, 0.25) is 0 Å². The van der Waals surface area contributed by atoms with Crippen molar-refractivity contribution >= 4 is 38.9 Å². The molecule has 1 N–H and O–H groups in total. The summed E-state index contributed by atoms with van der Waals surface area (Å²) >= 11 is 11.3. The van der Waals surface area contributed by atoms with Crippen molar-refractivity contribution in [1.29, 1.82) is 0 Å². The Morgan fingerprint density at radius 3 is 2.75 bits per heavy atom. The number of hydrogen-bond acceptors (Lipinski definition) is 2. The van der Waals surface area contributed by atoms with Crippen LogP contribution in [-0.4, -0.2) is 6.54 Å². The van der Waals surface area contributed by atoms with Crippen LogP contribution >= 0.6 is 38.9 Å². The van der Waals surface area contributed by atoms with E-state index >= 15 is 0 Å². The molecule has 20 heavy (non-hydrogen) atoms. The Balaban J connectivity index is 2.33. The van der Waals surface area contributed by atoms with Gasteiger partial charge in [-0.25, -0.2) is 4.39 Å². The van der Waals surface area contributed by atoms with Crippen LogP contribution in [-0.2, 0) is 6.42 Å². The number of halogens is 3. The normalized spacial score (nSPS) is 12.7. The molecule has 0 aliphatic heterocycles. The van der Waals surface area contributed by atoms with E-state index < -0.39 is 0 Å². The first-order valence-electron chi connectivity index (χ1n) is 6.45. The van der Waals surface area contributed by atoms with E-state index in [1.165, 1.54) is 16.5 Å². The summed E-state index contributed by atoms with van der Waals surface area (Å²) < 4.78 is 15.0. The molecule has 0 aliphatic carbocycles. The molecule has 0 saturated carbocycles. The van der Waals surface area contributed by atoms with E-state index in [1.807, 2.05) is 6.92 Å². The van der Waals surface area contributed by atoms with Crippen molar-refractivity contribution in [2.24, 2.45) is 0 Å². The van der Waals surface area contributed by atoms with Gasteiger partial charge in [-0.05, 0) is 59.6 Å². The monoisotopic (exact) mass is 375 g/mol. The summed E-state index contributed by atoms with van der Waals surface area (Å²) in [5.41, 5.74) is 1.77. The molecule has 2 aromatic rings. The summed E-state index contributed by atoms with van der Waals surface area (Å²) in [6, 6.07) is 7.00. The quantitative estimate of drug-likeness (QED) is 0.726. The second kappa shape index (κ2) is 7.03. The smallest absolute Gasteiger partial charge is 0.127 e. The average Bonchev–Trinajstić information content (AvgIpc) is 2.72. The van der Waals surface area contributed by atoms with Gasteiger partial charge in [0, 0.05) is 21.5 Å². The predicted octanol–water partition coefficient (Wildman–Crippen LogP) is 5.50. The van der Waals surface area contributed by atoms with Gasteiger partial charge in [-0.2, -0.15) is 0 Å². The number of likely N-dealkylation sites (N-methyl/N-ethyl adjacent to an activating group) is 1. The van der Waals surface area contributed by atoms with Crippen LogP contribution in [0.1, 0.15) is 29.0 Å². The molecule has 0 fully saturated rings. The highest BCUT2D eigenvalue weighted by Crippen LogP contribution is 2.33. The Morgan fingerprint density at radius 1 is 1.45 bits per heavy atom. The van der Waals surface area contributed by atoms with Crippen molar-refractivity contribution in [3.63, 3.8) is 0 Å². The Bertz CT molecular complexity index is 579. The summed E-state index contributed by atoms with van der Waals surface area (Å²) in [5.74, 6) is -0.243. The molecule has 0 bridgehead atoms. The van der Waals surface area contributed by atoms with Crippen LogP contribution in [0.2, 0.25) is 5.02 Å². The van der Waals surface area contributed by atoms with Gasteiger partial charge in [0.1, 0.15) is 5.82 Å². The third-order valence-corrected chi connectivity index (χ3v) is 5.15. The third-order valence-electron chi connectivity index (χ3n) is 3.22. The highest BCUT2D eigenvalue weighted by atomic mass is 79.9. The molecule has 108 valence electrons. The molecule has 1 unspecified atom stereocenters. The van der Waals surface area contributed by atoms with Gasteiger partial charge >= 0.3 is 0 Å². The molecule has 0 spiro atoms. The van der Waals surface area contributed by atoms with E-state index in [-0.39, 0.29) is 11.9 Å². The number of rotatable bonds is 5. The van der Waals surface area contributed by atoms with Crippen molar-refractivity contribution in [3.05, 3.63) is 54.9 Å². The van der Waals surface area contributed by atoms with E-state index in [2.05, 4.69) is 34.2 Å². The Hall–Kier alpha value is -0.420. The third kappa shape index (κ3) is 3.61. The maximum Gasteiger partial charge on any atom is 0.127 e. The SMILES string of the molecule is CCNC(Cc1c(F)cccc1Cl)c1cc(Br)sc1C. The predicted molar refractivity (Wildman–Crippen MR) is 88.3 cm³/mol. The van der Waals surface area contributed by atoms with Crippen molar-refractivity contribution in [3.8, 4) is 0 Å². The van der Waals surface area contributed by atoms with Gasteiger partial charge in [-0.1, -0.05) is 24.6 Å². The van der Waals surface area contributed by atoms with Gasteiger partial charge in [0.25, 0.3) is 0 Å². The van der Waals surface area contributed by atoms with Crippen molar-refractivity contribution < 1.29 is 4.39 Å². The Morgan fingerprint density at radius 2 is 2.20 bits per heavy atom. The number of thiophene rings is 1. The average molecular weight is 377 g/mol. The molecule has 5 heteroatoms. The second-order valence-electron chi connectivity index (χ2n) is 4.58. The van der Waals surface area contributed by atoms with Crippen molar-refractivity contribution in [2.45, 2.75) is 26.3 Å². The summed E-state index contributed by atoms with van der Waals surface area (Å²) in [4.78, 5) is 1.23. The lowest BCUT2D eigenvalue weighted by Crippen LogP contribution is -2.23. The summed E-state index contributed by atoms with van der Waals surface area (Å²) in [7, 11) is 0. The fourth-order valence-electron chi connectivity index (χ4n) is 2.27. The minimum Gasteiger partial charge on any atom is -0.310 e. The summed E-state index contributed by atoms with van der Waals surface area (Å²) in [6.45, 7) is 4.95. The molecule has 1 atom stereocenters. The van der Waals surface area contributed by atoms with Crippen molar-refractivity contribution in [1.82, 2.24) is 5.32 Å². The minimum atomic E-state index is -0.243. The zero-order valence-electron chi connectivity index (χ0n) is 11.3. The van der Waals surface area contributed by atoms with Crippen LogP contribution < -0.4 is 5.32 Å². The molecular formula is C15H16BrClFNS. The number of nitrogens with one attached hydrogen (secondary N) is 1. The number of aryl methyl sites for hydroxylation is 1. The maximum atomic E-state index is 14.0. The zero-order chi connectivity index (χ0) is 14.7. The lowest BCUT2D eigenvalue weighted by atomic mass is 9.99. The van der Waals surface area contributed by atoms with Gasteiger partial charge in [-0.3, -0.25) is 0 Å². The fraction of sp³-hybridized carbons (Fsp3) is 0.333. The van der Waals surface area contributed by atoms with Crippen LogP contribution in [0.25, 0.3) is 0 Å². The molecular weight excluding hydrogens is 361 g/mol. The van der Waals surface area contributed by atoms with Gasteiger partial charge in [0.15, 0.2) is 0 Å². The summed E-state index contributed by atoms with van der Waals surface area (Å²) in [6.07, 6.45) is 0.545. The molecule has 1 nitrogen and oxygen atoms in total.